The van der Waals surface area contributed by atoms with E-state index in [1.807, 2.05) is 6.92 Å². The fourth-order valence-electron chi connectivity index (χ4n) is 1.95. The van der Waals surface area contributed by atoms with E-state index in [1.165, 1.54) is 10.8 Å². The van der Waals surface area contributed by atoms with Crippen LogP contribution in [0.25, 0.3) is 0 Å². The number of aromatic amines is 1. The topological polar surface area (TPSA) is 81.2 Å². The summed E-state index contributed by atoms with van der Waals surface area (Å²) in [6, 6.07) is 6.86. The Labute approximate surface area is 121 Å². The zero-order valence-electron chi connectivity index (χ0n) is 11.9. The molecule has 0 saturated heterocycles. The van der Waals surface area contributed by atoms with E-state index in [0.717, 1.165) is 0 Å². The number of aromatic nitrogens is 2. The second-order valence-corrected chi connectivity index (χ2v) is 4.55. The number of nitrogens with zero attached hydrogens (tertiary/aromatic N) is 1. The first-order valence-electron chi connectivity index (χ1n) is 6.58. The summed E-state index contributed by atoms with van der Waals surface area (Å²) in [5, 5.41) is 0. The van der Waals surface area contributed by atoms with Crippen LogP contribution in [0, 0.1) is 6.92 Å². The van der Waals surface area contributed by atoms with Gasteiger partial charge in [0.1, 0.15) is 5.75 Å². The lowest BCUT2D eigenvalue weighted by atomic mass is 10.1. The molecule has 21 heavy (non-hydrogen) atoms. The highest BCUT2D eigenvalue weighted by Crippen LogP contribution is 2.18. The Morgan fingerprint density at radius 3 is 2.71 bits per heavy atom. The van der Waals surface area contributed by atoms with Gasteiger partial charge in [0.15, 0.2) is 5.78 Å². The molecule has 2 aromatic rings. The average Bonchev–Trinajstić information content (AvgIpc) is 2.45. The number of H-pyrrole nitrogens is 1. The van der Waals surface area contributed by atoms with Crippen LogP contribution >= 0.6 is 0 Å². The molecule has 1 N–H and O–H groups in total. The predicted octanol–water partition coefficient (Wildman–Crippen LogP) is 1.13. The molecule has 1 heterocycles. The highest BCUT2D eigenvalue weighted by Gasteiger charge is 2.13. The van der Waals surface area contributed by atoms with Gasteiger partial charge in [-0.15, -0.1) is 0 Å². The first-order valence-corrected chi connectivity index (χ1v) is 6.58. The molecule has 0 aliphatic rings. The second-order valence-electron chi connectivity index (χ2n) is 4.55. The highest BCUT2D eigenvalue weighted by atomic mass is 16.5. The first-order chi connectivity index (χ1) is 10.0. The number of hydrogen-bond donors (Lipinski definition) is 1. The molecule has 110 valence electrons. The Balaban J connectivity index is 2.33. The van der Waals surface area contributed by atoms with Gasteiger partial charge in [0.05, 0.1) is 18.7 Å². The third-order valence-electron chi connectivity index (χ3n) is 2.99. The summed E-state index contributed by atoms with van der Waals surface area (Å²) in [5.74, 6) is 0.229. The van der Waals surface area contributed by atoms with Gasteiger partial charge in [-0.25, -0.2) is 4.79 Å². The van der Waals surface area contributed by atoms with Crippen molar-refractivity contribution in [2.75, 3.05) is 6.61 Å². The monoisotopic (exact) mass is 288 g/mol. The molecule has 0 unspecified atom stereocenters. The van der Waals surface area contributed by atoms with E-state index in [4.69, 9.17) is 4.74 Å². The number of carbonyl (C=O) groups is 1. The lowest BCUT2D eigenvalue weighted by Crippen LogP contribution is -2.32. The molecule has 1 aromatic heterocycles. The molecule has 2 rings (SSSR count). The zero-order valence-corrected chi connectivity index (χ0v) is 11.9. The molecule has 0 bridgehead atoms. The fourth-order valence-corrected chi connectivity index (χ4v) is 1.95. The van der Waals surface area contributed by atoms with Crippen molar-refractivity contribution in [2.45, 2.75) is 20.4 Å². The molecule has 0 saturated carbocycles. The summed E-state index contributed by atoms with van der Waals surface area (Å²) in [5.41, 5.74) is -0.262. The van der Waals surface area contributed by atoms with Gasteiger partial charge in [-0.1, -0.05) is 12.1 Å². The van der Waals surface area contributed by atoms with Crippen LogP contribution in [0.15, 0.2) is 40.1 Å². The Bertz CT molecular complexity index is 774. The highest BCUT2D eigenvalue weighted by molar-refractivity contribution is 5.98. The van der Waals surface area contributed by atoms with Crippen molar-refractivity contribution in [3.05, 3.63) is 62.4 Å². The Morgan fingerprint density at radius 2 is 2.00 bits per heavy atom. The van der Waals surface area contributed by atoms with Gasteiger partial charge in [0.25, 0.3) is 5.56 Å². The van der Waals surface area contributed by atoms with Crippen molar-refractivity contribution in [3.8, 4) is 5.75 Å². The molecule has 6 heteroatoms. The van der Waals surface area contributed by atoms with Gasteiger partial charge in [-0.05, 0) is 26.0 Å². The van der Waals surface area contributed by atoms with Crippen LogP contribution in [0.4, 0.5) is 0 Å². The number of ketones is 1. The van der Waals surface area contributed by atoms with E-state index in [1.54, 1.807) is 31.2 Å². The van der Waals surface area contributed by atoms with Crippen LogP contribution in [-0.2, 0) is 6.54 Å². The summed E-state index contributed by atoms with van der Waals surface area (Å²) in [7, 11) is 0. The number of carbonyl (C=O) groups excluding carboxylic acids is 1. The maximum Gasteiger partial charge on any atom is 0.328 e. The van der Waals surface area contributed by atoms with E-state index in [-0.39, 0.29) is 12.3 Å². The minimum absolute atomic E-state index is 0.152. The van der Waals surface area contributed by atoms with Gasteiger partial charge >= 0.3 is 5.69 Å². The number of aryl methyl sites for hydroxylation is 1. The van der Waals surface area contributed by atoms with Gasteiger partial charge in [-0.2, -0.15) is 0 Å². The number of benzene rings is 1. The number of rotatable bonds is 5. The maximum atomic E-state index is 12.3. The molecular weight excluding hydrogens is 272 g/mol. The summed E-state index contributed by atoms with van der Waals surface area (Å²) in [4.78, 5) is 37.5. The van der Waals surface area contributed by atoms with Crippen molar-refractivity contribution in [1.29, 1.82) is 0 Å². The van der Waals surface area contributed by atoms with Crippen LogP contribution in [0.3, 0.4) is 0 Å². The molecule has 0 spiro atoms. The van der Waals surface area contributed by atoms with Gasteiger partial charge < -0.3 is 4.74 Å². The summed E-state index contributed by atoms with van der Waals surface area (Å²) >= 11 is 0. The molecule has 0 atom stereocenters. The van der Waals surface area contributed by atoms with Crippen molar-refractivity contribution >= 4 is 5.78 Å². The predicted molar refractivity (Wildman–Crippen MR) is 78.0 cm³/mol. The van der Waals surface area contributed by atoms with Crippen LogP contribution in [0.1, 0.15) is 22.8 Å². The number of nitrogens with one attached hydrogen (secondary N) is 1. The van der Waals surface area contributed by atoms with Crippen LogP contribution < -0.4 is 16.0 Å². The normalized spacial score (nSPS) is 10.4. The van der Waals surface area contributed by atoms with Crippen LogP contribution in [0.5, 0.6) is 5.75 Å². The van der Waals surface area contributed by atoms with Crippen molar-refractivity contribution in [1.82, 2.24) is 9.55 Å². The molecule has 6 nitrogen and oxygen atoms in total. The van der Waals surface area contributed by atoms with E-state index >= 15 is 0 Å². The van der Waals surface area contributed by atoms with Crippen LogP contribution in [-0.4, -0.2) is 21.9 Å². The van der Waals surface area contributed by atoms with E-state index in [2.05, 4.69) is 4.98 Å². The average molecular weight is 288 g/mol. The lowest BCUT2D eigenvalue weighted by molar-refractivity contribution is 0.0966. The fraction of sp³-hybridized carbons (Fsp3) is 0.267. The maximum absolute atomic E-state index is 12.3. The summed E-state index contributed by atoms with van der Waals surface area (Å²) in [6.07, 6.45) is 1.38. The molecule has 0 amide bonds. The van der Waals surface area contributed by atoms with E-state index in [0.29, 0.717) is 23.5 Å². The SMILES string of the molecule is CCOc1ccccc1C(=O)Cn1cc(C)c(=O)[nH]c1=O. The third-order valence-corrected chi connectivity index (χ3v) is 2.99. The number of Topliss-reactive ketones (excluding diaryl/α,β-unsaturated/α-hetero) is 1. The lowest BCUT2D eigenvalue weighted by Gasteiger charge is -2.10. The number of ether oxygens (including phenoxy) is 1. The van der Waals surface area contributed by atoms with Crippen molar-refractivity contribution in [3.63, 3.8) is 0 Å². The number of para-hydroxylation sites is 1. The molecule has 0 aliphatic carbocycles. The molecule has 0 fully saturated rings. The van der Waals surface area contributed by atoms with Gasteiger partial charge in [-0.3, -0.25) is 19.1 Å². The Hall–Kier alpha value is -2.63. The summed E-state index contributed by atoms with van der Waals surface area (Å²) < 4.78 is 6.59. The Kier molecular flexibility index (Phi) is 4.37. The standard InChI is InChI=1S/C15H16N2O4/c1-3-21-13-7-5-4-6-11(13)12(18)9-17-8-10(2)14(19)16-15(17)20/h4-8H,3,9H2,1-2H3,(H,16,19,20). The van der Waals surface area contributed by atoms with E-state index in [9.17, 15) is 14.4 Å². The minimum atomic E-state index is -0.604. The molecule has 1 aromatic carbocycles. The van der Waals surface area contributed by atoms with Gasteiger partial charge in [0.2, 0.25) is 0 Å². The quantitative estimate of drug-likeness (QED) is 0.836. The Morgan fingerprint density at radius 1 is 1.29 bits per heavy atom. The first kappa shape index (κ1) is 14.8. The second kappa shape index (κ2) is 6.21. The minimum Gasteiger partial charge on any atom is -0.493 e. The number of hydrogen-bond acceptors (Lipinski definition) is 4. The van der Waals surface area contributed by atoms with Gasteiger partial charge in [0, 0.05) is 11.8 Å². The van der Waals surface area contributed by atoms with Crippen molar-refractivity contribution < 1.29 is 9.53 Å². The van der Waals surface area contributed by atoms with E-state index < -0.39 is 11.2 Å². The van der Waals surface area contributed by atoms with Crippen LogP contribution in [0.2, 0.25) is 0 Å². The smallest absolute Gasteiger partial charge is 0.328 e. The van der Waals surface area contributed by atoms with Crippen molar-refractivity contribution in [2.24, 2.45) is 0 Å². The summed E-state index contributed by atoms with van der Waals surface area (Å²) in [6.45, 7) is 3.70. The zero-order chi connectivity index (χ0) is 15.4. The largest absolute Gasteiger partial charge is 0.493 e. The molecule has 0 radical (unpaired) electrons. The molecular formula is C15H16N2O4. The molecule has 0 aliphatic heterocycles. The third kappa shape index (κ3) is 3.28.